The smallest absolute Gasteiger partial charge is 0.345 e. The molecule has 2 rings (SSSR count). The van der Waals surface area contributed by atoms with Crippen LogP contribution < -0.4 is 11.1 Å². The Morgan fingerprint density at radius 3 is 2.71 bits per heavy atom. The van der Waals surface area contributed by atoms with E-state index in [1.54, 1.807) is 4.68 Å². The summed E-state index contributed by atoms with van der Waals surface area (Å²) in [6, 6.07) is 9.43. The van der Waals surface area contributed by atoms with Gasteiger partial charge >= 0.3 is 5.97 Å². The number of rotatable bonds is 6. The van der Waals surface area contributed by atoms with E-state index in [-0.39, 0.29) is 11.4 Å². The number of esters is 1. The van der Waals surface area contributed by atoms with Gasteiger partial charge in [-0.1, -0.05) is 31.5 Å². The number of carbonyl (C=O) groups is 1. The number of benzene rings is 1. The van der Waals surface area contributed by atoms with Crippen molar-refractivity contribution in [2.75, 3.05) is 24.7 Å². The first-order valence-corrected chi connectivity index (χ1v) is 6.95. The number of ether oxygens (including phenoxy) is 1. The second-order valence-electron chi connectivity index (χ2n) is 4.63. The lowest BCUT2D eigenvalue weighted by atomic mass is 10.2. The maximum atomic E-state index is 11.9. The fourth-order valence-corrected chi connectivity index (χ4v) is 2.01. The van der Waals surface area contributed by atoms with E-state index in [2.05, 4.69) is 17.3 Å². The highest BCUT2D eigenvalue weighted by Gasteiger charge is 2.23. The predicted molar refractivity (Wildman–Crippen MR) is 82.7 cm³/mol. The Balaban J connectivity index is 2.41. The molecule has 0 aliphatic heterocycles. The van der Waals surface area contributed by atoms with Gasteiger partial charge in [0, 0.05) is 6.54 Å². The largest absolute Gasteiger partial charge is 0.465 e. The van der Waals surface area contributed by atoms with E-state index >= 15 is 0 Å². The molecular formula is C15H20N4O2. The van der Waals surface area contributed by atoms with Crippen LogP contribution in [0.2, 0.25) is 0 Å². The summed E-state index contributed by atoms with van der Waals surface area (Å²) < 4.78 is 6.34. The fourth-order valence-electron chi connectivity index (χ4n) is 2.01. The molecule has 2 aromatic rings. The van der Waals surface area contributed by atoms with Crippen molar-refractivity contribution >= 4 is 17.6 Å². The summed E-state index contributed by atoms with van der Waals surface area (Å²) in [7, 11) is 1.33. The molecule has 0 bridgehead atoms. The van der Waals surface area contributed by atoms with Crippen LogP contribution in [-0.4, -0.2) is 29.4 Å². The van der Waals surface area contributed by atoms with Crippen LogP contribution in [0, 0.1) is 0 Å². The molecule has 0 radical (unpaired) electrons. The standard InChI is InChI=1S/C15H20N4O2/c1-3-4-10-17-14-12(15(20)21-2)13(16)19(18-14)11-8-6-5-7-9-11/h5-9H,3-4,10,16H2,1-2H3,(H,17,18). The van der Waals surface area contributed by atoms with Crippen molar-refractivity contribution < 1.29 is 9.53 Å². The molecule has 1 aromatic carbocycles. The van der Waals surface area contributed by atoms with Gasteiger partial charge in [-0.05, 0) is 18.6 Å². The lowest BCUT2D eigenvalue weighted by molar-refractivity contribution is 0.0603. The quantitative estimate of drug-likeness (QED) is 0.630. The van der Waals surface area contributed by atoms with E-state index in [0.29, 0.717) is 5.82 Å². The number of methoxy groups -OCH3 is 1. The number of nitrogen functional groups attached to an aromatic ring is 1. The minimum absolute atomic E-state index is 0.270. The first kappa shape index (κ1) is 14.9. The van der Waals surface area contributed by atoms with Crippen LogP contribution in [0.25, 0.3) is 5.69 Å². The second-order valence-corrected chi connectivity index (χ2v) is 4.63. The van der Waals surface area contributed by atoms with E-state index in [1.165, 1.54) is 7.11 Å². The molecule has 1 aromatic heterocycles. The molecule has 0 saturated carbocycles. The topological polar surface area (TPSA) is 82.2 Å². The van der Waals surface area contributed by atoms with Crippen molar-refractivity contribution in [1.82, 2.24) is 9.78 Å². The molecule has 112 valence electrons. The maximum absolute atomic E-state index is 11.9. The van der Waals surface area contributed by atoms with Gasteiger partial charge in [0.15, 0.2) is 5.82 Å². The first-order valence-electron chi connectivity index (χ1n) is 6.95. The Kier molecular flexibility index (Phi) is 4.81. The highest BCUT2D eigenvalue weighted by atomic mass is 16.5. The van der Waals surface area contributed by atoms with Crippen molar-refractivity contribution in [3.8, 4) is 5.69 Å². The van der Waals surface area contributed by atoms with Crippen molar-refractivity contribution in [2.45, 2.75) is 19.8 Å². The number of carbonyl (C=O) groups excluding carboxylic acids is 1. The number of nitrogens with one attached hydrogen (secondary N) is 1. The second kappa shape index (κ2) is 6.78. The Bertz CT molecular complexity index is 608. The minimum Gasteiger partial charge on any atom is -0.465 e. The molecular weight excluding hydrogens is 268 g/mol. The normalized spacial score (nSPS) is 10.4. The average molecular weight is 288 g/mol. The van der Waals surface area contributed by atoms with Gasteiger partial charge in [-0.25, -0.2) is 9.48 Å². The third kappa shape index (κ3) is 3.16. The van der Waals surface area contributed by atoms with Crippen LogP contribution in [0.3, 0.4) is 0 Å². The summed E-state index contributed by atoms with van der Waals surface area (Å²) in [6.07, 6.45) is 2.04. The molecule has 0 amide bonds. The van der Waals surface area contributed by atoms with Gasteiger partial charge in [-0.2, -0.15) is 0 Å². The summed E-state index contributed by atoms with van der Waals surface area (Å²) in [5.74, 6) is 0.234. The zero-order valence-corrected chi connectivity index (χ0v) is 12.3. The highest BCUT2D eigenvalue weighted by Crippen LogP contribution is 2.25. The van der Waals surface area contributed by atoms with E-state index in [1.807, 2.05) is 30.3 Å². The molecule has 21 heavy (non-hydrogen) atoms. The highest BCUT2D eigenvalue weighted by molar-refractivity contribution is 5.99. The number of para-hydroxylation sites is 1. The molecule has 0 spiro atoms. The van der Waals surface area contributed by atoms with Crippen LogP contribution in [0.15, 0.2) is 30.3 Å². The van der Waals surface area contributed by atoms with Gasteiger partial charge in [0.2, 0.25) is 0 Å². The van der Waals surface area contributed by atoms with E-state index in [0.717, 1.165) is 25.1 Å². The van der Waals surface area contributed by atoms with Gasteiger partial charge in [0.1, 0.15) is 11.4 Å². The Labute approximate surface area is 123 Å². The lowest BCUT2D eigenvalue weighted by Crippen LogP contribution is -2.09. The molecule has 1 heterocycles. The van der Waals surface area contributed by atoms with Crippen LogP contribution in [0.1, 0.15) is 30.1 Å². The number of nitrogens with two attached hydrogens (primary N) is 1. The van der Waals surface area contributed by atoms with Gasteiger partial charge in [0.25, 0.3) is 0 Å². The zero-order chi connectivity index (χ0) is 15.2. The Morgan fingerprint density at radius 2 is 2.10 bits per heavy atom. The number of aromatic nitrogens is 2. The SMILES string of the molecule is CCCCNc1nn(-c2ccccc2)c(N)c1C(=O)OC. The number of nitrogens with zero attached hydrogens (tertiary/aromatic N) is 2. The molecule has 6 heteroatoms. The number of unbranched alkanes of at least 4 members (excludes halogenated alkanes) is 1. The number of hydrogen-bond acceptors (Lipinski definition) is 5. The predicted octanol–water partition coefficient (Wildman–Crippen LogP) is 2.45. The number of anilines is 2. The van der Waals surface area contributed by atoms with Gasteiger partial charge < -0.3 is 15.8 Å². The Hall–Kier alpha value is -2.50. The van der Waals surface area contributed by atoms with Crippen LogP contribution in [-0.2, 0) is 4.74 Å². The van der Waals surface area contributed by atoms with Crippen LogP contribution >= 0.6 is 0 Å². The van der Waals surface area contributed by atoms with Crippen LogP contribution in [0.4, 0.5) is 11.6 Å². The fraction of sp³-hybridized carbons (Fsp3) is 0.333. The average Bonchev–Trinajstić information content (AvgIpc) is 2.84. The minimum atomic E-state index is -0.492. The summed E-state index contributed by atoms with van der Waals surface area (Å²) in [5.41, 5.74) is 7.15. The van der Waals surface area contributed by atoms with Crippen molar-refractivity contribution in [2.24, 2.45) is 0 Å². The van der Waals surface area contributed by atoms with E-state index in [9.17, 15) is 4.79 Å². The molecule has 3 N–H and O–H groups in total. The molecule has 0 saturated heterocycles. The van der Waals surface area contributed by atoms with Gasteiger partial charge in [0.05, 0.1) is 12.8 Å². The summed E-state index contributed by atoms with van der Waals surface area (Å²) >= 11 is 0. The van der Waals surface area contributed by atoms with Crippen molar-refractivity contribution in [3.63, 3.8) is 0 Å². The van der Waals surface area contributed by atoms with E-state index in [4.69, 9.17) is 10.5 Å². The summed E-state index contributed by atoms with van der Waals surface area (Å²) in [5, 5.41) is 7.55. The molecule has 0 atom stereocenters. The third-order valence-electron chi connectivity index (χ3n) is 3.13. The van der Waals surface area contributed by atoms with Crippen molar-refractivity contribution in [1.29, 1.82) is 0 Å². The first-order chi connectivity index (χ1) is 10.2. The van der Waals surface area contributed by atoms with Gasteiger partial charge in [-0.15, -0.1) is 5.10 Å². The third-order valence-corrected chi connectivity index (χ3v) is 3.13. The Morgan fingerprint density at radius 1 is 1.38 bits per heavy atom. The van der Waals surface area contributed by atoms with Crippen molar-refractivity contribution in [3.05, 3.63) is 35.9 Å². The molecule has 0 fully saturated rings. The molecule has 0 aliphatic rings. The maximum Gasteiger partial charge on any atom is 0.345 e. The molecule has 0 unspecified atom stereocenters. The van der Waals surface area contributed by atoms with Crippen LogP contribution in [0.5, 0.6) is 0 Å². The van der Waals surface area contributed by atoms with Gasteiger partial charge in [-0.3, -0.25) is 0 Å². The monoisotopic (exact) mass is 288 g/mol. The lowest BCUT2D eigenvalue weighted by Gasteiger charge is -2.04. The molecule has 0 aliphatic carbocycles. The summed E-state index contributed by atoms with van der Waals surface area (Å²) in [4.78, 5) is 11.9. The summed E-state index contributed by atoms with van der Waals surface area (Å²) in [6.45, 7) is 2.82. The zero-order valence-electron chi connectivity index (χ0n) is 12.3. The van der Waals surface area contributed by atoms with E-state index < -0.39 is 5.97 Å². The number of hydrogen-bond donors (Lipinski definition) is 2. The molecule has 6 nitrogen and oxygen atoms in total.